The minimum atomic E-state index is -0.727. The molecule has 5 rings (SSSR count). The van der Waals surface area contributed by atoms with E-state index in [1.54, 1.807) is 11.3 Å². The van der Waals surface area contributed by atoms with Crippen LogP contribution in [0.1, 0.15) is 34.5 Å². The molecule has 0 N–H and O–H groups in total. The number of halogens is 2. The topological polar surface area (TPSA) is 80.5 Å². The van der Waals surface area contributed by atoms with Crippen LogP contribution in [-0.4, -0.2) is 35.1 Å². The van der Waals surface area contributed by atoms with Crippen molar-refractivity contribution in [3.8, 4) is 0 Å². The summed E-state index contributed by atoms with van der Waals surface area (Å²) in [6.45, 7) is 2.10. The van der Waals surface area contributed by atoms with Crippen LogP contribution in [0.5, 0.6) is 0 Å². The summed E-state index contributed by atoms with van der Waals surface area (Å²) < 4.78 is 28.5. The van der Waals surface area contributed by atoms with Crippen molar-refractivity contribution in [3.05, 3.63) is 92.3 Å². The number of likely N-dealkylation sites (N-methyl/N-ethyl adjacent to an activating group) is 1. The number of aromatic nitrogens is 1. The van der Waals surface area contributed by atoms with Gasteiger partial charge in [0.2, 0.25) is 5.13 Å². The number of fused-ring (bicyclic) bond motifs is 1. The van der Waals surface area contributed by atoms with Crippen molar-refractivity contribution < 1.29 is 8.78 Å². The van der Waals surface area contributed by atoms with E-state index in [1.807, 2.05) is 35.3 Å². The van der Waals surface area contributed by atoms with Crippen LogP contribution in [0.4, 0.5) is 13.9 Å². The standard InChI is InChI=1S/C24H23F2N7S2/c1-32-13-10-20-21(15-32)34-23(29-20)33-24(11-5-12-28-31-27,16-6-3-2-4-7-16)35-22(30-33)18-9-8-17(25)14-19(18)26/h2-4,6-9,14H,5,10-13,15H2,1H3. The molecule has 35 heavy (non-hydrogen) atoms. The Balaban J connectivity index is 1.63. The van der Waals surface area contributed by atoms with Crippen LogP contribution in [0, 0.1) is 11.6 Å². The predicted molar refractivity (Wildman–Crippen MR) is 136 cm³/mol. The van der Waals surface area contributed by atoms with Crippen LogP contribution in [0.3, 0.4) is 0 Å². The maximum Gasteiger partial charge on any atom is 0.208 e. The fraction of sp³-hybridized carbons (Fsp3) is 0.333. The third-order valence-corrected chi connectivity index (χ3v) is 8.62. The number of nitrogens with zero attached hydrogens (tertiary/aromatic N) is 7. The second-order valence-electron chi connectivity index (χ2n) is 8.51. The first-order valence-electron chi connectivity index (χ1n) is 11.3. The van der Waals surface area contributed by atoms with E-state index < -0.39 is 16.5 Å². The highest BCUT2D eigenvalue weighted by molar-refractivity contribution is 8.15. The van der Waals surface area contributed by atoms with Gasteiger partial charge in [-0.1, -0.05) is 58.5 Å². The van der Waals surface area contributed by atoms with Gasteiger partial charge >= 0.3 is 0 Å². The van der Waals surface area contributed by atoms with Crippen LogP contribution in [-0.2, 0) is 17.8 Å². The molecule has 0 radical (unpaired) electrons. The van der Waals surface area contributed by atoms with Crippen molar-refractivity contribution in [1.82, 2.24) is 9.88 Å². The van der Waals surface area contributed by atoms with Crippen molar-refractivity contribution >= 4 is 33.3 Å². The fourth-order valence-electron chi connectivity index (χ4n) is 4.38. The molecule has 3 heterocycles. The van der Waals surface area contributed by atoms with Gasteiger partial charge in [-0.15, -0.1) is 0 Å². The smallest absolute Gasteiger partial charge is 0.208 e. The number of hydrogen-bond acceptors (Lipinski definition) is 7. The minimum Gasteiger partial charge on any atom is -0.301 e. The molecule has 0 bridgehead atoms. The van der Waals surface area contributed by atoms with Gasteiger partial charge in [-0.05, 0) is 43.1 Å². The molecule has 0 aliphatic carbocycles. The Bertz CT molecular complexity index is 1310. The van der Waals surface area contributed by atoms with Crippen LogP contribution >= 0.6 is 23.1 Å². The molecule has 2 aliphatic heterocycles. The van der Waals surface area contributed by atoms with Crippen LogP contribution in [0.25, 0.3) is 10.4 Å². The zero-order valence-electron chi connectivity index (χ0n) is 19.1. The summed E-state index contributed by atoms with van der Waals surface area (Å²) in [5.41, 5.74) is 11.1. The lowest BCUT2D eigenvalue weighted by molar-refractivity contribution is 0.314. The molecule has 2 aromatic carbocycles. The second-order valence-corrected chi connectivity index (χ2v) is 10.8. The zero-order chi connectivity index (χ0) is 24.4. The lowest BCUT2D eigenvalue weighted by atomic mass is 10.0. The van der Waals surface area contributed by atoms with Gasteiger partial charge in [0.15, 0.2) is 0 Å². The van der Waals surface area contributed by atoms with Gasteiger partial charge < -0.3 is 4.90 Å². The van der Waals surface area contributed by atoms with Crippen LogP contribution < -0.4 is 5.01 Å². The first-order valence-corrected chi connectivity index (χ1v) is 12.9. The van der Waals surface area contributed by atoms with E-state index in [-0.39, 0.29) is 5.56 Å². The molecule has 1 aromatic heterocycles. The quantitative estimate of drug-likeness (QED) is 0.162. The van der Waals surface area contributed by atoms with Gasteiger partial charge in [-0.2, -0.15) is 5.10 Å². The third-order valence-electron chi connectivity index (χ3n) is 6.11. The summed E-state index contributed by atoms with van der Waals surface area (Å²) in [6.07, 6.45) is 2.05. The van der Waals surface area contributed by atoms with Gasteiger partial charge in [0.25, 0.3) is 0 Å². The van der Waals surface area contributed by atoms with Crippen molar-refractivity contribution in [2.45, 2.75) is 30.7 Å². The average Bonchev–Trinajstić information content (AvgIpc) is 3.44. The summed E-state index contributed by atoms with van der Waals surface area (Å²) in [5, 5.41) is 11.7. The highest BCUT2D eigenvalue weighted by atomic mass is 32.2. The minimum absolute atomic E-state index is 0.246. The normalized spacial score (nSPS) is 19.9. The van der Waals surface area contributed by atoms with Crippen molar-refractivity contribution in [3.63, 3.8) is 0 Å². The average molecular weight is 512 g/mol. The fourth-order valence-corrected chi connectivity index (χ4v) is 7.08. The van der Waals surface area contributed by atoms with Gasteiger partial charge in [-0.25, -0.2) is 18.8 Å². The zero-order valence-corrected chi connectivity index (χ0v) is 20.7. The van der Waals surface area contributed by atoms with Crippen molar-refractivity contribution in [1.29, 1.82) is 0 Å². The SMILES string of the molecule is CN1CCc2nc(N3N=C(c4ccc(F)cc4F)SC3(CCCN=[N+]=[N-])c3ccccc3)sc2C1. The van der Waals surface area contributed by atoms with E-state index in [9.17, 15) is 8.78 Å². The highest BCUT2D eigenvalue weighted by Gasteiger charge is 2.48. The van der Waals surface area contributed by atoms with E-state index in [0.717, 1.165) is 42.0 Å². The van der Waals surface area contributed by atoms with Crippen molar-refractivity contribution in [2.75, 3.05) is 25.1 Å². The summed E-state index contributed by atoms with van der Waals surface area (Å²) in [6, 6.07) is 13.5. The molecule has 2 aliphatic rings. The van der Waals surface area contributed by atoms with Crippen LogP contribution in [0.15, 0.2) is 58.7 Å². The molecular formula is C24H23F2N7S2. The third kappa shape index (κ3) is 4.64. The van der Waals surface area contributed by atoms with E-state index >= 15 is 0 Å². The molecule has 0 saturated carbocycles. The van der Waals surface area contributed by atoms with Gasteiger partial charge in [-0.3, -0.25) is 0 Å². The molecule has 0 fully saturated rings. The summed E-state index contributed by atoms with van der Waals surface area (Å²) in [4.78, 5) is 10.6. The lowest BCUT2D eigenvalue weighted by Gasteiger charge is -2.35. The molecule has 0 spiro atoms. The number of thiazole rings is 1. The Kier molecular flexibility index (Phi) is 6.75. The van der Waals surface area contributed by atoms with Crippen molar-refractivity contribution in [2.24, 2.45) is 10.2 Å². The first kappa shape index (κ1) is 23.7. The largest absolute Gasteiger partial charge is 0.301 e. The first-order chi connectivity index (χ1) is 17.0. The van der Waals surface area contributed by atoms with E-state index in [2.05, 4.69) is 22.0 Å². The molecular weight excluding hydrogens is 488 g/mol. The molecule has 1 atom stereocenters. The number of hydrogen-bond donors (Lipinski definition) is 0. The molecule has 0 saturated heterocycles. The molecule has 0 amide bonds. The van der Waals surface area contributed by atoms with E-state index in [0.29, 0.717) is 24.4 Å². The second kappa shape index (κ2) is 9.94. The number of hydrazone groups is 1. The van der Waals surface area contributed by atoms with E-state index in [4.69, 9.17) is 15.6 Å². The van der Waals surface area contributed by atoms with Gasteiger partial charge in [0, 0.05) is 47.5 Å². The highest BCUT2D eigenvalue weighted by Crippen LogP contribution is 2.53. The summed E-state index contributed by atoms with van der Waals surface area (Å²) >= 11 is 3.02. The number of thioether (sulfide) groups is 1. The molecule has 11 heteroatoms. The van der Waals surface area contributed by atoms with Gasteiger partial charge in [0.1, 0.15) is 21.5 Å². The number of azide groups is 1. The molecule has 7 nitrogen and oxygen atoms in total. The molecule has 1 unspecified atom stereocenters. The summed E-state index contributed by atoms with van der Waals surface area (Å²) in [7, 11) is 2.09. The number of anilines is 1. The number of rotatable bonds is 7. The number of benzene rings is 2. The maximum absolute atomic E-state index is 14.8. The Labute approximate surface area is 210 Å². The monoisotopic (exact) mass is 511 g/mol. The molecule has 180 valence electrons. The lowest BCUT2D eigenvalue weighted by Crippen LogP contribution is -2.37. The van der Waals surface area contributed by atoms with E-state index in [1.165, 1.54) is 28.8 Å². The Hall–Kier alpha value is -2.98. The Morgan fingerprint density at radius 2 is 2.03 bits per heavy atom. The Morgan fingerprint density at radius 3 is 2.80 bits per heavy atom. The summed E-state index contributed by atoms with van der Waals surface area (Å²) in [5.74, 6) is -1.29. The van der Waals surface area contributed by atoms with Crippen LogP contribution in [0.2, 0.25) is 0 Å². The predicted octanol–water partition coefficient (Wildman–Crippen LogP) is 6.27. The molecule has 3 aromatic rings. The van der Waals surface area contributed by atoms with Gasteiger partial charge in [0.05, 0.1) is 5.69 Å². The Morgan fingerprint density at radius 1 is 1.20 bits per heavy atom. The maximum atomic E-state index is 14.8.